The lowest BCUT2D eigenvalue weighted by atomic mass is 10.0. The highest BCUT2D eigenvalue weighted by molar-refractivity contribution is 5.71. The summed E-state index contributed by atoms with van der Waals surface area (Å²) in [6.07, 6.45) is 85.3. The lowest BCUT2D eigenvalue weighted by Crippen LogP contribution is -2.30. The van der Waals surface area contributed by atoms with Gasteiger partial charge in [0.25, 0.3) is 0 Å². The summed E-state index contributed by atoms with van der Waals surface area (Å²) >= 11 is 0. The minimum absolute atomic E-state index is 0.0698. The van der Waals surface area contributed by atoms with Crippen LogP contribution in [0.2, 0.25) is 0 Å². The topological polar surface area (TPSA) is 78.9 Å². The Balaban J connectivity index is 4.03. The number of carbonyl (C=O) groups is 3. The highest BCUT2D eigenvalue weighted by Crippen LogP contribution is 2.19. The van der Waals surface area contributed by atoms with Crippen LogP contribution in [-0.2, 0) is 28.6 Å². The van der Waals surface area contributed by atoms with E-state index < -0.39 is 6.10 Å². The van der Waals surface area contributed by atoms with E-state index in [9.17, 15) is 14.4 Å². The van der Waals surface area contributed by atoms with E-state index in [1.54, 1.807) is 0 Å². The van der Waals surface area contributed by atoms with Crippen LogP contribution in [0.3, 0.4) is 0 Å². The van der Waals surface area contributed by atoms with Crippen LogP contribution in [-0.4, -0.2) is 37.2 Å². The maximum atomic E-state index is 12.9. The Morgan fingerprint density at radius 3 is 0.675 bits per heavy atom. The first kappa shape index (κ1) is 77.9. The molecule has 1 atom stereocenters. The number of rotatable bonds is 68. The molecule has 0 amide bonds. The first-order valence-electron chi connectivity index (χ1n) is 36.3. The number of hydrogen-bond donors (Lipinski definition) is 0. The van der Waals surface area contributed by atoms with Crippen molar-refractivity contribution in [2.75, 3.05) is 13.2 Å². The number of allylic oxidation sites excluding steroid dienone is 4. The van der Waals surface area contributed by atoms with Gasteiger partial charge in [-0.3, -0.25) is 14.4 Å². The van der Waals surface area contributed by atoms with Gasteiger partial charge in [0.1, 0.15) is 13.2 Å². The summed E-state index contributed by atoms with van der Waals surface area (Å²) in [5.74, 6) is -0.856. The van der Waals surface area contributed by atoms with Gasteiger partial charge in [-0.15, -0.1) is 0 Å². The van der Waals surface area contributed by atoms with Gasteiger partial charge < -0.3 is 14.2 Å². The Morgan fingerprint density at radius 1 is 0.237 bits per heavy atom. The van der Waals surface area contributed by atoms with Gasteiger partial charge >= 0.3 is 17.9 Å². The third-order valence-corrected chi connectivity index (χ3v) is 16.7. The number of unbranched alkanes of at least 4 members (excludes halogenated alkanes) is 53. The van der Waals surface area contributed by atoms with Crippen molar-refractivity contribution in [1.29, 1.82) is 0 Å². The SMILES string of the molecule is CCC/C=C\CCCCCCCC(=O)OCC(COC(=O)CCCCCCCCCCCCCCCCCCCCCCCCCCCCCCCCCCC)OC(=O)CCCCCCCCCCC/C=C\CCCCCCCC. The van der Waals surface area contributed by atoms with Crippen molar-refractivity contribution >= 4 is 17.9 Å². The molecule has 0 aromatic heterocycles. The number of ether oxygens (including phenoxy) is 3. The van der Waals surface area contributed by atoms with Gasteiger partial charge in [-0.1, -0.05) is 353 Å². The maximum Gasteiger partial charge on any atom is 0.306 e. The van der Waals surface area contributed by atoms with Gasteiger partial charge in [0.05, 0.1) is 0 Å². The smallest absolute Gasteiger partial charge is 0.306 e. The summed E-state index contributed by atoms with van der Waals surface area (Å²) in [6, 6.07) is 0. The standard InChI is InChI=1S/C74H140O6/c1-4-7-10-13-16-19-22-24-26-28-30-31-32-33-34-35-36-37-38-39-40-41-42-43-45-46-48-50-52-55-58-61-64-67-73(76)79-70-71(69-78-72(75)66-63-60-57-54-21-18-15-12-9-6-3)80-74(77)68-65-62-59-56-53-51-49-47-44-29-27-25-23-20-17-14-11-8-5-2/h12,15,25,27,71H,4-11,13-14,16-24,26,28-70H2,1-3H3/b15-12-,27-25-. The first-order valence-corrected chi connectivity index (χ1v) is 36.3. The van der Waals surface area contributed by atoms with E-state index in [1.807, 2.05) is 0 Å². The van der Waals surface area contributed by atoms with E-state index in [0.717, 1.165) is 70.6 Å². The third-order valence-electron chi connectivity index (χ3n) is 16.7. The molecule has 80 heavy (non-hydrogen) atoms. The second-order valence-corrected chi connectivity index (χ2v) is 24.9. The highest BCUT2D eigenvalue weighted by atomic mass is 16.6. The molecule has 0 heterocycles. The van der Waals surface area contributed by atoms with Crippen LogP contribution in [0.15, 0.2) is 24.3 Å². The van der Waals surface area contributed by atoms with E-state index >= 15 is 0 Å². The molecule has 472 valence electrons. The van der Waals surface area contributed by atoms with Crippen LogP contribution < -0.4 is 0 Å². The molecule has 0 spiro atoms. The van der Waals surface area contributed by atoms with Crippen molar-refractivity contribution in [3.63, 3.8) is 0 Å². The van der Waals surface area contributed by atoms with E-state index in [-0.39, 0.29) is 31.1 Å². The van der Waals surface area contributed by atoms with E-state index in [0.29, 0.717) is 19.3 Å². The predicted octanol–water partition coefficient (Wildman–Crippen LogP) is 25.0. The summed E-state index contributed by atoms with van der Waals surface area (Å²) in [4.78, 5) is 38.3. The lowest BCUT2D eigenvalue weighted by Gasteiger charge is -2.18. The number of carbonyl (C=O) groups excluding carboxylic acids is 3. The number of hydrogen-bond acceptors (Lipinski definition) is 6. The first-order chi connectivity index (χ1) is 39.5. The Bertz CT molecular complexity index is 1290. The van der Waals surface area contributed by atoms with Crippen molar-refractivity contribution in [3.05, 3.63) is 24.3 Å². The minimum atomic E-state index is -0.773. The zero-order chi connectivity index (χ0) is 57.8. The Kier molecular flexibility index (Phi) is 67.6. The molecule has 0 fully saturated rings. The molecule has 1 unspecified atom stereocenters. The van der Waals surface area contributed by atoms with Crippen molar-refractivity contribution in [3.8, 4) is 0 Å². The monoisotopic (exact) mass is 1130 g/mol. The average Bonchev–Trinajstić information content (AvgIpc) is 3.46. The van der Waals surface area contributed by atoms with Gasteiger partial charge in [0.15, 0.2) is 6.10 Å². The minimum Gasteiger partial charge on any atom is -0.462 e. The maximum absolute atomic E-state index is 12.9. The van der Waals surface area contributed by atoms with Gasteiger partial charge in [-0.2, -0.15) is 0 Å². The van der Waals surface area contributed by atoms with Crippen LogP contribution in [0.1, 0.15) is 412 Å². The summed E-state index contributed by atoms with van der Waals surface area (Å²) < 4.78 is 16.9. The molecule has 0 aromatic rings. The molecule has 0 aliphatic carbocycles. The summed E-state index contributed by atoms with van der Waals surface area (Å²) in [6.45, 7) is 6.64. The highest BCUT2D eigenvalue weighted by Gasteiger charge is 2.19. The molecule has 0 N–H and O–H groups in total. The van der Waals surface area contributed by atoms with Crippen LogP contribution in [0.5, 0.6) is 0 Å². The summed E-state index contributed by atoms with van der Waals surface area (Å²) in [5.41, 5.74) is 0. The molecular weight excluding hydrogens is 985 g/mol. The van der Waals surface area contributed by atoms with E-state index in [2.05, 4.69) is 45.1 Å². The van der Waals surface area contributed by atoms with Crippen LogP contribution in [0.25, 0.3) is 0 Å². The third kappa shape index (κ3) is 66.7. The van der Waals surface area contributed by atoms with Crippen LogP contribution in [0.4, 0.5) is 0 Å². The molecule has 0 saturated heterocycles. The Labute approximate surface area is 500 Å². The predicted molar refractivity (Wildman–Crippen MR) is 349 cm³/mol. The van der Waals surface area contributed by atoms with Crippen molar-refractivity contribution in [2.45, 2.75) is 419 Å². The average molecular weight is 1130 g/mol. The Morgan fingerprint density at radius 2 is 0.438 bits per heavy atom. The molecular formula is C74H140O6. The summed E-state index contributed by atoms with van der Waals surface area (Å²) in [7, 11) is 0. The number of esters is 3. The zero-order valence-electron chi connectivity index (χ0n) is 54.4. The van der Waals surface area contributed by atoms with Gasteiger partial charge in [-0.25, -0.2) is 0 Å². The van der Waals surface area contributed by atoms with Crippen molar-refractivity contribution < 1.29 is 28.6 Å². The van der Waals surface area contributed by atoms with E-state index in [1.165, 1.54) is 302 Å². The summed E-state index contributed by atoms with van der Waals surface area (Å²) in [5, 5.41) is 0. The fraction of sp³-hybridized carbons (Fsp3) is 0.905. The van der Waals surface area contributed by atoms with Crippen LogP contribution >= 0.6 is 0 Å². The van der Waals surface area contributed by atoms with Gasteiger partial charge in [-0.05, 0) is 64.2 Å². The van der Waals surface area contributed by atoms with E-state index in [4.69, 9.17) is 14.2 Å². The molecule has 0 rings (SSSR count). The molecule has 0 aliphatic rings. The molecule has 0 aromatic carbocycles. The van der Waals surface area contributed by atoms with Gasteiger partial charge in [0.2, 0.25) is 0 Å². The fourth-order valence-corrected chi connectivity index (χ4v) is 11.2. The Hall–Kier alpha value is -2.11. The van der Waals surface area contributed by atoms with Gasteiger partial charge in [0, 0.05) is 19.3 Å². The van der Waals surface area contributed by atoms with Crippen molar-refractivity contribution in [2.24, 2.45) is 0 Å². The second-order valence-electron chi connectivity index (χ2n) is 24.9. The van der Waals surface area contributed by atoms with Crippen LogP contribution in [0, 0.1) is 0 Å². The normalized spacial score (nSPS) is 12.1. The molecule has 0 radical (unpaired) electrons. The molecule has 6 nitrogen and oxygen atoms in total. The molecule has 6 heteroatoms. The molecule has 0 aliphatic heterocycles. The fourth-order valence-electron chi connectivity index (χ4n) is 11.2. The quantitative estimate of drug-likeness (QED) is 0.0261. The lowest BCUT2D eigenvalue weighted by molar-refractivity contribution is -0.167. The molecule has 0 saturated carbocycles. The zero-order valence-corrected chi connectivity index (χ0v) is 54.4. The largest absolute Gasteiger partial charge is 0.462 e. The molecule has 0 bridgehead atoms. The van der Waals surface area contributed by atoms with Crippen molar-refractivity contribution in [1.82, 2.24) is 0 Å². The second kappa shape index (κ2) is 69.4.